The molecule has 0 unspecified atom stereocenters. The summed E-state index contributed by atoms with van der Waals surface area (Å²) in [6.07, 6.45) is 0. The van der Waals surface area contributed by atoms with Crippen molar-refractivity contribution in [3.05, 3.63) is 26.1 Å². The maximum Gasteiger partial charge on any atom is 0.106 e. The van der Waals surface area contributed by atoms with E-state index in [0.717, 1.165) is 8.95 Å². The Bertz CT molecular complexity index is 397. The Kier molecular flexibility index (Phi) is 4.32. The maximum atomic E-state index is 6.07. The normalized spacial score (nSPS) is 12.4. The lowest BCUT2D eigenvalue weighted by Gasteiger charge is -2.09. The van der Waals surface area contributed by atoms with Gasteiger partial charge < -0.3 is 0 Å². The Balaban J connectivity index is 3.10. The Morgan fingerprint density at radius 1 is 1.20 bits per heavy atom. The van der Waals surface area contributed by atoms with E-state index in [4.69, 9.17) is 11.6 Å². The number of halogens is 3. The highest BCUT2D eigenvalue weighted by atomic mass is 79.9. The number of hydrogen-bond donors (Lipinski definition) is 0. The van der Waals surface area contributed by atoms with E-state index in [2.05, 4.69) is 42.1 Å². The lowest BCUT2D eigenvalue weighted by molar-refractivity contribution is 0.552. The fraction of sp³-hybridized carbons (Fsp3) is 0.400. The molecule has 0 atom stereocenters. The van der Waals surface area contributed by atoms with Crippen molar-refractivity contribution in [1.29, 1.82) is 0 Å². The first-order chi connectivity index (χ1) is 6.79. The number of hydrogen-bond acceptors (Lipinski definition) is 2. The van der Waals surface area contributed by atoms with Gasteiger partial charge in [-0.05, 0) is 48.8 Å². The van der Waals surface area contributed by atoms with Crippen molar-refractivity contribution in [2.75, 3.05) is 0 Å². The minimum absolute atomic E-state index is 0.196. The Morgan fingerprint density at radius 3 is 2.33 bits per heavy atom. The highest BCUT2D eigenvalue weighted by Crippen LogP contribution is 2.36. The first kappa shape index (κ1) is 13.1. The molecule has 0 heterocycles. The van der Waals surface area contributed by atoms with E-state index in [1.807, 2.05) is 32.9 Å². The van der Waals surface area contributed by atoms with Gasteiger partial charge in [-0.3, -0.25) is 0 Å². The van der Waals surface area contributed by atoms with Gasteiger partial charge in [0.05, 0.1) is 10.6 Å². The van der Waals surface area contributed by atoms with Crippen LogP contribution in [-0.2, 0) is 0 Å². The molecule has 0 bridgehead atoms. The maximum absolute atomic E-state index is 6.07. The van der Waals surface area contributed by atoms with Crippen LogP contribution in [0.3, 0.4) is 0 Å². The summed E-state index contributed by atoms with van der Waals surface area (Å²) in [5.41, 5.74) is 0.464. The van der Waals surface area contributed by atoms with Crippen LogP contribution < -0.4 is 0 Å². The minimum atomic E-state index is -0.196. The van der Waals surface area contributed by atoms with Crippen molar-refractivity contribution in [2.24, 2.45) is 10.2 Å². The fourth-order valence-corrected chi connectivity index (χ4v) is 2.17. The zero-order valence-corrected chi connectivity index (χ0v) is 12.6. The van der Waals surface area contributed by atoms with Crippen molar-refractivity contribution >= 4 is 49.1 Å². The van der Waals surface area contributed by atoms with Crippen molar-refractivity contribution in [2.45, 2.75) is 26.3 Å². The standard InChI is InChI=1S/C10H11Br2ClN2/c1-10(2,3)15-14-8-5-6(11)4-7(12)9(8)13/h4-5H,1-3H3. The molecule has 0 spiro atoms. The SMILES string of the molecule is CC(C)(C)N=Nc1cc(Br)cc(Br)c1Cl. The molecule has 0 aliphatic rings. The summed E-state index contributed by atoms with van der Waals surface area (Å²) >= 11 is 12.8. The second-order valence-corrected chi connectivity index (χ2v) is 6.24. The Hall–Kier alpha value is 0.0700. The quantitative estimate of drug-likeness (QED) is 0.453. The van der Waals surface area contributed by atoms with Gasteiger partial charge in [-0.15, -0.1) is 0 Å². The third-order valence-corrected chi connectivity index (χ3v) is 3.14. The first-order valence-electron chi connectivity index (χ1n) is 4.37. The summed E-state index contributed by atoms with van der Waals surface area (Å²) in [7, 11) is 0. The molecule has 1 rings (SSSR count). The first-order valence-corrected chi connectivity index (χ1v) is 6.33. The second kappa shape index (κ2) is 4.93. The molecular formula is C10H11Br2ClN2. The van der Waals surface area contributed by atoms with Crippen LogP contribution >= 0.6 is 43.5 Å². The van der Waals surface area contributed by atoms with Crippen LogP contribution in [-0.4, -0.2) is 5.54 Å². The van der Waals surface area contributed by atoms with Crippen molar-refractivity contribution in [1.82, 2.24) is 0 Å². The number of benzene rings is 1. The van der Waals surface area contributed by atoms with Gasteiger partial charge in [0.1, 0.15) is 5.69 Å². The van der Waals surface area contributed by atoms with E-state index in [1.54, 1.807) is 0 Å². The molecular weight excluding hydrogens is 343 g/mol. The minimum Gasteiger partial charge on any atom is -0.183 e. The van der Waals surface area contributed by atoms with Crippen molar-refractivity contribution in [3.63, 3.8) is 0 Å². The van der Waals surface area contributed by atoms with Gasteiger partial charge in [0, 0.05) is 8.95 Å². The monoisotopic (exact) mass is 352 g/mol. The van der Waals surface area contributed by atoms with Crippen LogP contribution in [0.2, 0.25) is 5.02 Å². The Labute approximate surface area is 111 Å². The summed E-state index contributed by atoms with van der Waals surface area (Å²) in [6.45, 7) is 5.95. The Morgan fingerprint density at radius 2 is 1.80 bits per heavy atom. The molecule has 0 saturated heterocycles. The highest BCUT2D eigenvalue weighted by Gasteiger charge is 2.09. The van der Waals surface area contributed by atoms with E-state index < -0.39 is 0 Å². The predicted molar refractivity (Wildman–Crippen MR) is 71.1 cm³/mol. The molecule has 0 aromatic heterocycles. The van der Waals surface area contributed by atoms with E-state index in [9.17, 15) is 0 Å². The summed E-state index contributed by atoms with van der Waals surface area (Å²) in [5, 5.41) is 8.88. The molecule has 5 heteroatoms. The van der Waals surface area contributed by atoms with Crippen LogP contribution in [0.15, 0.2) is 31.3 Å². The van der Waals surface area contributed by atoms with Gasteiger partial charge >= 0.3 is 0 Å². The van der Waals surface area contributed by atoms with Crippen molar-refractivity contribution < 1.29 is 0 Å². The molecule has 1 aromatic carbocycles. The van der Waals surface area contributed by atoms with Gasteiger partial charge in [0.2, 0.25) is 0 Å². The third kappa shape index (κ3) is 4.21. The number of rotatable bonds is 1. The molecule has 15 heavy (non-hydrogen) atoms. The van der Waals surface area contributed by atoms with E-state index in [1.165, 1.54) is 0 Å². The van der Waals surface area contributed by atoms with E-state index in [-0.39, 0.29) is 5.54 Å². The largest absolute Gasteiger partial charge is 0.183 e. The van der Waals surface area contributed by atoms with Crippen molar-refractivity contribution in [3.8, 4) is 0 Å². The van der Waals surface area contributed by atoms with Crippen LogP contribution in [0.5, 0.6) is 0 Å². The molecule has 1 aromatic rings. The van der Waals surface area contributed by atoms with E-state index in [0.29, 0.717) is 10.7 Å². The number of azo groups is 1. The van der Waals surface area contributed by atoms with Gasteiger partial charge in [0.15, 0.2) is 0 Å². The summed E-state index contributed by atoms with van der Waals surface area (Å²) < 4.78 is 1.73. The van der Waals surface area contributed by atoms with Crippen LogP contribution in [0.4, 0.5) is 5.69 Å². The smallest absolute Gasteiger partial charge is 0.106 e. The molecule has 0 N–H and O–H groups in total. The zero-order valence-electron chi connectivity index (χ0n) is 8.68. The lowest BCUT2D eigenvalue weighted by Crippen LogP contribution is -2.07. The van der Waals surface area contributed by atoms with Gasteiger partial charge in [-0.25, -0.2) is 0 Å². The molecule has 0 aliphatic carbocycles. The average molecular weight is 354 g/mol. The molecule has 0 saturated carbocycles. The average Bonchev–Trinajstić information content (AvgIpc) is 2.07. The fourth-order valence-electron chi connectivity index (χ4n) is 0.819. The lowest BCUT2D eigenvalue weighted by atomic mass is 10.1. The van der Waals surface area contributed by atoms with Crippen LogP contribution in [0.25, 0.3) is 0 Å². The molecule has 0 radical (unpaired) electrons. The predicted octanol–water partition coefficient (Wildman–Crippen LogP) is 5.75. The molecule has 82 valence electrons. The molecule has 0 fully saturated rings. The van der Waals surface area contributed by atoms with Gasteiger partial charge in [-0.2, -0.15) is 10.2 Å². The molecule has 0 aliphatic heterocycles. The van der Waals surface area contributed by atoms with Gasteiger partial charge in [-0.1, -0.05) is 27.5 Å². The summed E-state index contributed by atoms with van der Waals surface area (Å²) in [6, 6.07) is 3.71. The molecule has 0 amide bonds. The zero-order chi connectivity index (χ0) is 11.6. The number of nitrogens with zero attached hydrogens (tertiary/aromatic N) is 2. The van der Waals surface area contributed by atoms with Crippen LogP contribution in [0, 0.1) is 0 Å². The summed E-state index contributed by atoms with van der Waals surface area (Å²) in [5.74, 6) is 0. The molecule has 2 nitrogen and oxygen atoms in total. The van der Waals surface area contributed by atoms with Crippen LogP contribution in [0.1, 0.15) is 20.8 Å². The third-order valence-electron chi connectivity index (χ3n) is 1.43. The van der Waals surface area contributed by atoms with Gasteiger partial charge in [0.25, 0.3) is 0 Å². The topological polar surface area (TPSA) is 24.7 Å². The summed E-state index contributed by atoms with van der Waals surface area (Å²) in [4.78, 5) is 0. The highest BCUT2D eigenvalue weighted by molar-refractivity contribution is 9.11. The van der Waals surface area contributed by atoms with E-state index >= 15 is 0 Å². The second-order valence-electron chi connectivity index (χ2n) is 4.09.